The van der Waals surface area contributed by atoms with Gasteiger partial charge < -0.3 is 5.32 Å². The Morgan fingerprint density at radius 3 is 2.69 bits per heavy atom. The van der Waals surface area contributed by atoms with Crippen molar-refractivity contribution >= 4 is 10.8 Å². The average molecular weight is 241 g/mol. The molecular formula is C11H19N3OS. The van der Waals surface area contributed by atoms with E-state index in [4.69, 9.17) is 0 Å². The van der Waals surface area contributed by atoms with Crippen LogP contribution in [0.25, 0.3) is 0 Å². The maximum absolute atomic E-state index is 11.2. The Balaban J connectivity index is 1.86. The lowest BCUT2D eigenvalue weighted by atomic mass is 10.1. The number of aryl methyl sites for hydroxylation is 2. The van der Waals surface area contributed by atoms with Gasteiger partial charge in [0, 0.05) is 46.1 Å². The van der Waals surface area contributed by atoms with Gasteiger partial charge in [-0.15, -0.1) is 0 Å². The van der Waals surface area contributed by atoms with Crippen molar-refractivity contribution in [3.05, 3.63) is 17.0 Å². The molecule has 0 atom stereocenters. The Hall–Kier alpha value is -0.680. The molecule has 0 aliphatic carbocycles. The van der Waals surface area contributed by atoms with E-state index >= 15 is 0 Å². The number of hydrogen-bond acceptors (Lipinski definition) is 3. The van der Waals surface area contributed by atoms with Gasteiger partial charge in [-0.3, -0.25) is 9.31 Å². The van der Waals surface area contributed by atoms with E-state index in [2.05, 4.69) is 15.5 Å². The summed E-state index contributed by atoms with van der Waals surface area (Å²) in [6.07, 6.45) is 2.06. The van der Waals surface area contributed by atoms with Crippen LogP contribution in [0.2, 0.25) is 0 Å². The number of aromatic amines is 1. The summed E-state index contributed by atoms with van der Waals surface area (Å²) in [6.45, 7) is 4.94. The molecule has 2 rings (SSSR count). The molecule has 0 saturated carbocycles. The van der Waals surface area contributed by atoms with Crippen molar-refractivity contribution < 1.29 is 4.21 Å². The summed E-state index contributed by atoms with van der Waals surface area (Å²) in [5.41, 5.74) is 3.49. The van der Waals surface area contributed by atoms with Crippen molar-refractivity contribution in [2.45, 2.75) is 39.3 Å². The Labute approximate surface area is 98.7 Å². The second-order valence-corrected chi connectivity index (χ2v) is 6.11. The maximum Gasteiger partial charge on any atom is 0.0638 e. The summed E-state index contributed by atoms with van der Waals surface area (Å²) in [5.74, 6) is 1.70. The predicted octanol–water partition coefficient (Wildman–Crippen LogP) is 1.03. The Morgan fingerprint density at radius 1 is 1.44 bits per heavy atom. The predicted molar refractivity (Wildman–Crippen MR) is 65.8 cm³/mol. The van der Waals surface area contributed by atoms with Gasteiger partial charge in [-0.05, 0) is 26.7 Å². The first kappa shape index (κ1) is 11.8. The lowest BCUT2D eigenvalue weighted by Crippen LogP contribution is -2.35. The molecule has 2 heterocycles. The highest BCUT2D eigenvalue weighted by Gasteiger charge is 2.17. The molecule has 1 saturated heterocycles. The van der Waals surface area contributed by atoms with Crippen molar-refractivity contribution in [1.82, 2.24) is 15.5 Å². The molecule has 90 valence electrons. The van der Waals surface area contributed by atoms with Crippen LogP contribution in [0.4, 0.5) is 0 Å². The van der Waals surface area contributed by atoms with Gasteiger partial charge in [0.2, 0.25) is 0 Å². The normalized spacial score (nSPS) is 25.9. The lowest BCUT2D eigenvalue weighted by molar-refractivity contribution is 0.474. The first-order chi connectivity index (χ1) is 7.66. The molecule has 1 aromatic heterocycles. The number of hydrogen-bond donors (Lipinski definition) is 2. The fourth-order valence-corrected chi connectivity index (χ4v) is 3.38. The van der Waals surface area contributed by atoms with Crippen LogP contribution >= 0.6 is 0 Å². The number of nitrogens with zero attached hydrogens (tertiary/aromatic N) is 1. The summed E-state index contributed by atoms with van der Waals surface area (Å²) in [7, 11) is -0.568. The third kappa shape index (κ3) is 2.71. The number of H-pyrrole nitrogens is 1. The highest BCUT2D eigenvalue weighted by Crippen LogP contribution is 2.13. The van der Waals surface area contributed by atoms with Crippen LogP contribution in [-0.4, -0.2) is 32.0 Å². The van der Waals surface area contributed by atoms with Gasteiger partial charge in [0.25, 0.3) is 0 Å². The van der Waals surface area contributed by atoms with Crippen LogP contribution in [0.3, 0.4) is 0 Å². The van der Waals surface area contributed by atoms with Crippen molar-refractivity contribution in [3.63, 3.8) is 0 Å². The minimum Gasteiger partial charge on any atom is -0.310 e. The van der Waals surface area contributed by atoms with E-state index in [1.807, 2.05) is 13.8 Å². The molecule has 0 amide bonds. The van der Waals surface area contributed by atoms with Crippen LogP contribution in [-0.2, 0) is 17.3 Å². The van der Waals surface area contributed by atoms with Crippen LogP contribution in [0.1, 0.15) is 29.8 Å². The molecule has 2 N–H and O–H groups in total. The minimum atomic E-state index is -0.568. The van der Waals surface area contributed by atoms with E-state index in [1.165, 1.54) is 5.56 Å². The molecule has 0 radical (unpaired) electrons. The zero-order valence-electron chi connectivity index (χ0n) is 9.88. The van der Waals surface area contributed by atoms with E-state index in [-0.39, 0.29) is 0 Å². The van der Waals surface area contributed by atoms with Crippen LogP contribution < -0.4 is 5.32 Å². The van der Waals surface area contributed by atoms with E-state index in [1.54, 1.807) is 0 Å². The minimum absolute atomic E-state index is 0.520. The number of nitrogens with one attached hydrogen (secondary N) is 2. The SMILES string of the molecule is Cc1n[nH]c(C)c1CNC1CCS(=O)CC1. The van der Waals surface area contributed by atoms with Crippen molar-refractivity contribution in [2.24, 2.45) is 0 Å². The molecule has 1 aliphatic heterocycles. The standard InChI is InChI=1S/C11H19N3OS/c1-8-11(9(2)14-13-8)7-12-10-3-5-16(15)6-4-10/h10,12H,3-7H2,1-2H3,(H,13,14). The summed E-state index contributed by atoms with van der Waals surface area (Å²) in [4.78, 5) is 0. The molecule has 1 aliphatic rings. The molecule has 16 heavy (non-hydrogen) atoms. The molecule has 0 unspecified atom stereocenters. The number of rotatable bonds is 3. The highest BCUT2D eigenvalue weighted by molar-refractivity contribution is 7.85. The molecule has 1 fully saturated rings. The van der Waals surface area contributed by atoms with Gasteiger partial charge in [-0.25, -0.2) is 0 Å². The molecule has 0 bridgehead atoms. The number of aromatic nitrogens is 2. The van der Waals surface area contributed by atoms with Crippen molar-refractivity contribution in [3.8, 4) is 0 Å². The lowest BCUT2D eigenvalue weighted by Gasteiger charge is -2.22. The Bertz CT molecular complexity index is 359. The van der Waals surface area contributed by atoms with Gasteiger partial charge in [-0.2, -0.15) is 5.10 Å². The summed E-state index contributed by atoms with van der Waals surface area (Å²) in [5, 5.41) is 10.7. The summed E-state index contributed by atoms with van der Waals surface area (Å²) in [6, 6.07) is 0.520. The monoisotopic (exact) mass is 241 g/mol. The van der Waals surface area contributed by atoms with Crippen molar-refractivity contribution in [1.29, 1.82) is 0 Å². The summed E-state index contributed by atoms with van der Waals surface area (Å²) >= 11 is 0. The first-order valence-corrected chi connectivity index (χ1v) is 7.24. The second-order valence-electron chi connectivity index (χ2n) is 4.42. The molecule has 0 aromatic carbocycles. The maximum atomic E-state index is 11.2. The quantitative estimate of drug-likeness (QED) is 0.831. The van der Waals surface area contributed by atoms with Gasteiger partial charge >= 0.3 is 0 Å². The highest BCUT2D eigenvalue weighted by atomic mass is 32.2. The zero-order chi connectivity index (χ0) is 11.5. The smallest absolute Gasteiger partial charge is 0.0638 e. The van der Waals surface area contributed by atoms with Gasteiger partial charge in [0.05, 0.1) is 5.69 Å². The van der Waals surface area contributed by atoms with E-state index < -0.39 is 10.8 Å². The summed E-state index contributed by atoms with van der Waals surface area (Å²) < 4.78 is 11.2. The molecule has 4 nitrogen and oxygen atoms in total. The largest absolute Gasteiger partial charge is 0.310 e. The third-order valence-corrected chi connectivity index (χ3v) is 4.62. The van der Waals surface area contributed by atoms with Gasteiger partial charge in [-0.1, -0.05) is 0 Å². The second kappa shape index (κ2) is 5.10. The fourth-order valence-electron chi connectivity index (χ4n) is 2.08. The van der Waals surface area contributed by atoms with Crippen LogP contribution in [0.15, 0.2) is 0 Å². The molecular weight excluding hydrogens is 222 g/mol. The Morgan fingerprint density at radius 2 is 2.12 bits per heavy atom. The van der Waals surface area contributed by atoms with E-state index in [0.29, 0.717) is 6.04 Å². The molecule has 0 spiro atoms. The third-order valence-electron chi connectivity index (χ3n) is 3.24. The Kier molecular flexibility index (Phi) is 3.76. The topological polar surface area (TPSA) is 57.8 Å². The molecule has 1 aromatic rings. The first-order valence-electron chi connectivity index (χ1n) is 5.75. The average Bonchev–Trinajstić information content (AvgIpc) is 2.59. The molecule has 5 heteroatoms. The fraction of sp³-hybridized carbons (Fsp3) is 0.727. The van der Waals surface area contributed by atoms with E-state index in [9.17, 15) is 4.21 Å². The van der Waals surface area contributed by atoms with Crippen LogP contribution in [0, 0.1) is 13.8 Å². The van der Waals surface area contributed by atoms with E-state index in [0.717, 1.165) is 42.3 Å². The van der Waals surface area contributed by atoms with Gasteiger partial charge in [0.15, 0.2) is 0 Å². The van der Waals surface area contributed by atoms with Crippen LogP contribution in [0.5, 0.6) is 0 Å². The van der Waals surface area contributed by atoms with Crippen molar-refractivity contribution in [2.75, 3.05) is 11.5 Å². The van der Waals surface area contributed by atoms with Gasteiger partial charge in [0.1, 0.15) is 0 Å². The zero-order valence-corrected chi connectivity index (χ0v) is 10.7.